The molecule has 9 heteroatoms. The van der Waals surface area contributed by atoms with Crippen LogP contribution >= 0.6 is 23.4 Å². The molecule has 0 saturated heterocycles. The maximum atomic E-state index is 13.7. The Morgan fingerprint density at radius 2 is 1.89 bits per heavy atom. The van der Waals surface area contributed by atoms with E-state index in [-0.39, 0.29) is 5.91 Å². The van der Waals surface area contributed by atoms with Crippen LogP contribution in [0.4, 0.5) is 11.6 Å². The molecule has 2 heterocycles. The molecule has 36 heavy (non-hydrogen) atoms. The molecule has 0 fully saturated rings. The van der Waals surface area contributed by atoms with E-state index in [0.29, 0.717) is 38.8 Å². The van der Waals surface area contributed by atoms with Crippen molar-refractivity contribution in [2.75, 3.05) is 17.7 Å². The molecule has 1 amide bonds. The summed E-state index contributed by atoms with van der Waals surface area (Å²) in [7, 11) is 1.57. The molecule has 1 atom stereocenters. The average molecular weight is 518 g/mol. The van der Waals surface area contributed by atoms with E-state index in [4.69, 9.17) is 26.4 Å². The Kier molecular flexibility index (Phi) is 6.97. The molecule has 4 aromatic rings. The minimum absolute atomic E-state index is 0.269. The zero-order valence-electron chi connectivity index (χ0n) is 19.7. The van der Waals surface area contributed by atoms with Crippen LogP contribution in [0.3, 0.4) is 0 Å². The monoisotopic (exact) mass is 517 g/mol. The first-order chi connectivity index (χ1) is 17.5. The first kappa shape index (κ1) is 24.0. The summed E-state index contributed by atoms with van der Waals surface area (Å²) in [5, 5.41) is 12.2. The van der Waals surface area contributed by atoms with Gasteiger partial charge in [-0.15, -0.1) is 5.10 Å². The number of nitrogens with zero attached hydrogens (tertiary/aromatic N) is 3. The van der Waals surface area contributed by atoms with Crippen molar-refractivity contribution in [1.29, 1.82) is 0 Å². The number of benzene rings is 3. The Bertz CT molecular complexity index is 1440. The molecule has 0 aliphatic carbocycles. The number of para-hydroxylation sites is 2. The summed E-state index contributed by atoms with van der Waals surface area (Å²) in [6.45, 7) is 1.86. The number of thioether (sulfide) groups is 1. The van der Waals surface area contributed by atoms with Gasteiger partial charge < -0.3 is 15.4 Å². The number of rotatable bonds is 7. The SMILES string of the molecule is COc1ccccc1NC(=O)C1=C(C)Nc2nc(SCc3ccccc3)nn2[C@@H]1c1cccc(Cl)c1. The Labute approximate surface area is 218 Å². The van der Waals surface area contributed by atoms with E-state index in [1.807, 2.05) is 55.5 Å². The number of carbonyl (C=O) groups excluding carboxylic acids is 1. The normalized spacial score (nSPS) is 14.7. The van der Waals surface area contributed by atoms with Crippen molar-refractivity contribution in [3.8, 4) is 5.75 Å². The lowest BCUT2D eigenvalue weighted by molar-refractivity contribution is -0.113. The van der Waals surface area contributed by atoms with Crippen LogP contribution in [0.15, 0.2) is 95.3 Å². The van der Waals surface area contributed by atoms with Gasteiger partial charge in [0.1, 0.15) is 11.8 Å². The Morgan fingerprint density at radius 1 is 1.11 bits per heavy atom. The lowest BCUT2D eigenvalue weighted by atomic mass is 9.95. The molecule has 1 aromatic heterocycles. The van der Waals surface area contributed by atoms with Crippen LogP contribution in [0.2, 0.25) is 5.02 Å². The lowest BCUT2D eigenvalue weighted by Gasteiger charge is -2.29. The number of methoxy groups -OCH3 is 1. The van der Waals surface area contributed by atoms with Gasteiger partial charge in [0.15, 0.2) is 0 Å². The highest BCUT2D eigenvalue weighted by atomic mass is 35.5. The summed E-state index contributed by atoms with van der Waals surface area (Å²) in [5.74, 6) is 1.61. The van der Waals surface area contributed by atoms with E-state index in [1.54, 1.807) is 41.8 Å². The third-order valence-corrected chi connectivity index (χ3v) is 6.95. The van der Waals surface area contributed by atoms with E-state index in [9.17, 15) is 4.79 Å². The molecular weight excluding hydrogens is 494 g/mol. The van der Waals surface area contributed by atoms with E-state index in [1.165, 1.54) is 5.56 Å². The van der Waals surface area contributed by atoms with Gasteiger partial charge in [-0.1, -0.05) is 78.0 Å². The number of carbonyl (C=O) groups is 1. The highest BCUT2D eigenvalue weighted by Gasteiger charge is 2.34. The maximum Gasteiger partial charge on any atom is 0.255 e. The largest absolute Gasteiger partial charge is 0.495 e. The van der Waals surface area contributed by atoms with E-state index < -0.39 is 6.04 Å². The number of amides is 1. The van der Waals surface area contributed by atoms with Crippen molar-refractivity contribution in [3.05, 3.63) is 106 Å². The Morgan fingerprint density at radius 3 is 2.67 bits per heavy atom. The molecule has 0 bridgehead atoms. The first-order valence-electron chi connectivity index (χ1n) is 11.3. The summed E-state index contributed by atoms with van der Waals surface area (Å²) in [6.07, 6.45) is 0. The van der Waals surface area contributed by atoms with Gasteiger partial charge in [0.2, 0.25) is 11.1 Å². The standard InChI is InChI=1S/C27H24ClN5O2S/c1-17-23(25(34)30-21-13-6-7-14-22(21)35-2)24(19-11-8-12-20(28)15-19)33-26(29-17)31-27(32-33)36-16-18-9-4-3-5-10-18/h3-15,24H,16H2,1-2H3,(H,30,34)(H,29,31,32)/t24-/m1/s1. The smallest absolute Gasteiger partial charge is 0.255 e. The summed E-state index contributed by atoms with van der Waals surface area (Å²) < 4.78 is 7.17. The topological polar surface area (TPSA) is 81.1 Å². The molecule has 182 valence electrons. The van der Waals surface area contributed by atoms with Gasteiger partial charge in [-0.05, 0) is 42.3 Å². The van der Waals surface area contributed by atoms with Crippen LogP contribution < -0.4 is 15.4 Å². The van der Waals surface area contributed by atoms with Crippen molar-refractivity contribution in [1.82, 2.24) is 14.8 Å². The minimum Gasteiger partial charge on any atom is -0.495 e. The second-order valence-corrected chi connectivity index (χ2v) is 9.59. The Balaban J connectivity index is 1.51. The molecule has 7 nitrogen and oxygen atoms in total. The lowest BCUT2D eigenvalue weighted by Crippen LogP contribution is -2.31. The van der Waals surface area contributed by atoms with Gasteiger partial charge in [0, 0.05) is 16.5 Å². The molecule has 1 aliphatic rings. The van der Waals surface area contributed by atoms with Crippen LogP contribution in [0.1, 0.15) is 24.1 Å². The van der Waals surface area contributed by atoms with Gasteiger partial charge in [-0.25, -0.2) is 4.68 Å². The fourth-order valence-corrected chi connectivity index (χ4v) is 5.11. The molecule has 2 N–H and O–H groups in total. The quantitative estimate of drug-likeness (QED) is 0.286. The number of halogens is 1. The van der Waals surface area contributed by atoms with Crippen molar-refractivity contribution in [3.63, 3.8) is 0 Å². The molecule has 0 radical (unpaired) electrons. The summed E-state index contributed by atoms with van der Waals surface area (Å²) >= 11 is 7.89. The van der Waals surface area contributed by atoms with Crippen molar-refractivity contribution in [2.24, 2.45) is 0 Å². The van der Waals surface area contributed by atoms with E-state index >= 15 is 0 Å². The average Bonchev–Trinajstić information content (AvgIpc) is 3.29. The molecular formula is C27H24ClN5O2S. The summed E-state index contributed by atoms with van der Waals surface area (Å²) in [6, 6.07) is 24.4. The number of ether oxygens (including phenoxy) is 1. The van der Waals surface area contributed by atoms with Gasteiger partial charge in [-0.3, -0.25) is 4.79 Å². The van der Waals surface area contributed by atoms with E-state index in [2.05, 4.69) is 22.8 Å². The molecule has 3 aromatic carbocycles. The van der Waals surface area contributed by atoms with Crippen LogP contribution in [0.25, 0.3) is 0 Å². The predicted octanol–water partition coefficient (Wildman–Crippen LogP) is 6.16. The Hall–Kier alpha value is -3.75. The van der Waals surface area contributed by atoms with Crippen LogP contribution in [0.5, 0.6) is 5.75 Å². The van der Waals surface area contributed by atoms with Gasteiger partial charge >= 0.3 is 0 Å². The highest BCUT2D eigenvalue weighted by molar-refractivity contribution is 7.98. The van der Waals surface area contributed by atoms with Crippen molar-refractivity contribution in [2.45, 2.75) is 23.9 Å². The number of allylic oxidation sites excluding steroid dienone is 1. The number of fused-ring (bicyclic) bond motifs is 1. The fraction of sp³-hybridized carbons (Fsp3) is 0.148. The van der Waals surface area contributed by atoms with E-state index in [0.717, 1.165) is 11.3 Å². The second kappa shape index (κ2) is 10.5. The van der Waals surface area contributed by atoms with Gasteiger partial charge in [0.05, 0.1) is 18.4 Å². The van der Waals surface area contributed by atoms with Crippen LogP contribution in [-0.2, 0) is 10.5 Å². The minimum atomic E-state index is -0.520. The number of hydrogen-bond donors (Lipinski definition) is 2. The number of aromatic nitrogens is 3. The fourth-order valence-electron chi connectivity index (χ4n) is 4.13. The van der Waals surface area contributed by atoms with Crippen molar-refractivity contribution < 1.29 is 9.53 Å². The second-order valence-electron chi connectivity index (χ2n) is 8.21. The molecule has 0 spiro atoms. The molecule has 5 rings (SSSR count). The third-order valence-electron chi connectivity index (χ3n) is 5.81. The zero-order valence-corrected chi connectivity index (χ0v) is 21.3. The highest BCUT2D eigenvalue weighted by Crippen LogP contribution is 2.38. The molecule has 0 unspecified atom stereocenters. The molecule has 0 saturated carbocycles. The number of anilines is 2. The maximum absolute atomic E-state index is 13.7. The number of nitrogens with one attached hydrogen (secondary N) is 2. The van der Waals surface area contributed by atoms with Crippen LogP contribution in [0, 0.1) is 0 Å². The van der Waals surface area contributed by atoms with Crippen LogP contribution in [-0.4, -0.2) is 27.8 Å². The van der Waals surface area contributed by atoms with Crippen molar-refractivity contribution >= 4 is 40.9 Å². The zero-order chi connectivity index (χ0) is 25.1. The summed E-state index contributed by atoms with van der Waals surface area (Å²) in [5.41, 5.74) is 3.80. The predicted molar refractivity (Wildman–Crippen MR) is 144 cm³/mol. The van der Waals surface area contributed by atoms with Gasteiger partial charge in [-0.2, -0.15) is 4.98 Å². The first-order valence-corrected chi connectivity index (χ1v) is 12.7. The number of hydrogen-bond acceptors (Lipinski definition) is 6. The summed E-state index contributed by atoms with van der Waals surface area (Å²) in [4.78, 5) is 18.4. The third kappa shape index (κ3) is 4.96. The molecule has 1 aliphatic heterocycles. The van der Waals surface area contributed by atoms with Gasteiger partial charge in [0.25, 0.3) is 5.91 Å².